The molecule has 5 rings (SSSR count). The molecule has 0 bridgehead atoms. The molecule has 0 spiro atoms. The molecule has 26 heavy (non-hydrogen) atoms. The van der Waals surface area contributed by atoms with Gasteiger partial charge in [0, 0.05) is 21.9 Å². The molecular weight excluding hydrogens is 332 g/mol. The van der Waals surface area contributed by atoms with Crippen molar-refractivity contribution >= 4 is 21.8 Å². The SMILES string of the molecule is O=c1[nH]nc(-c2cc3c([nH]c4ccccc43)c(-c3cccc(O)c3)n2)o1. The number of phenols is 1. The lowest BCUT2D eigenvalue weighted by Crippen LogP contribution is -1.93. The molecule has 0 radical (unpaired) electrons. The predicted molar refractivity (Wildman–Crippen MR) is 96.8 cm³/mol. The monoisotopic (exact) mass is 344 g/mol. The van der Waals surface area contributed by atoms with Crippen molar-refractivity contribution in [1.82, 2.24) is 20.2 Å². The first-order chi connectivity index (χ1) is 12.7. The molecule has 0 amide bonds. The molecule has 7 heteroatoms. The van der Waals surface area contributed by atoms with Gasteiger partial charge in [-0.05, 0) is 24.3 Å². The predicted octanol–water partition coefficient (Wildman–Crippen LogP) is 3.43. The minimum absolute atomic E-state index is 0.114. The first-order valence-corrected chi connectivity index (χ1v) is 7.96. The molecule has 0 atom stereocenters. The van der Waals surface area contributed by atoms with Crippen molar-refractivity contribution in [3.8, 4) is 28.6 Å². The summed E-state index contributed by atoms with van der Waals surface area (Å²) in [4.78, 5) is 19.4. The Morgan fingerprint density at radius 3 is 2.69 bits per heavy atom. The fourth-order valence-electron chi connectivity index (χ4n) is 3.16. The zero-order valence-electron chi connectivity index (χ0n) is 13.4. The van der Waals surface area contributed by atoms with Crippen LogP contribution in [0.5, 0.6) is 5.75 Å². The van der Waals surface area contributed by atoms with Crippen LogP contribution in [0, 0.1) is 0 Å². The second-order valence-corrected chi connectivity index (χ2v) is 5.92. The zero-order valence-corrected chi connectivity index (χ0v) is 13.4. The summed E-state index contributed by atoms with van der Waals surface area (Å²) >= 11 is 0. The second-order valence-electron chi connectivity index (χ2n) is 5.92. The number of aromatic hydroxyl groups is 1. The molecular formula is C19H12N4O3. The highest BCUT2D eigenvalue weighted by Gasteiger charge is 2.17. The molecule has 3 aromatic heterocycles. The molecule has 0 aliphatic rings. The zero-order chi connectivity index (χ0) is 17.7. The van der Waals surface area contributed by atoms with Crippen LogP contribution < -0.4 is 5.76 Å². The number of aromatic amines is 2. The summed E-state index contributed by atoms with van der Waals surface area (Å²) in [6, 6.07) is 16.6. The van der Waals surface area contributed by atoms with Crippen LogP contribution in [-0.4, -0.2) is 25.3 Å². The summed E-state index contributed by atoms with van der Waals surface area (Å²) in [6.07, 6.45) is 0. The molecule has 0 saturated carbocycles. The summed E-state index contributed by atoms with van der Waals surface area (Å²) in [6.45, 7) is 0. The van der Waals surface area contributed by atoms with Crippen LogP contribution >= 0.6 is 0 Å². The van der Waals surface area contributed by atoms with Crippen LogP contribution in [0.3, 0.4) is 0 Å². The minimum atomic E-state index is -0.639. The van der Waals surface area contributed by atoms with Gasteiger partial charge in [0.1, 0.15) is 11.4 Å². The van der Waals surface area contributed by atoms with E-state index in [-0.39, 0.29) is 11.6 Å². The van der Waals surface area contributed by atoms with E-state index in [1.54, 1.807) is 18.2 Å². The largest absolute Gasteiger partial charge is 0.508 e. The maximum atomic E-state index is 11.3. The van der Waals surface area contributed by atoms with E-state index in [2.05, 4.69) is 20.2 Å². The lowest BCUT2D eigenvalue weighted by atomic mass is 10.1. The fourth-order valence-corrected chi connectivity index (χ4v) is 3.16. The number of hydrogen-bond acceptors (Lipinski definition) is 5. The Balaban J connectivity index is 1.90. The van der Waals surface area contributed by atoms with Gasteiger partial charge >= 0.3 is 5.76 Å². The fraction of sp³-hybridized carbons (Fsp3) is 0. The summed E-state index contributed by atoms with van der Waals surface area (Å²) in [5.74, 6) is -0.381. The number of rotatable bonds is 2. The molecule has 0 unspecified atom stereocenters. The number of benzene rings is 2. The van der Waals surface area contributed by atoms with Crippen LogP contribution in [0.25, 0.3) is 44.6 Å². The van der Waals surface area contributed by atoms with E-state index in [1.807, 2.05) is 36.4 Å². The van der Waals surface area contributed by atoms with E-state index in [1.165, 1.54) is 0 Å². The van der Waals surface area contributed by atoms with Crippen molar-refractivity contribution < 1.29 is 9.52 Å². The van der Waals surface area contributed by atoms with E-state index in [4.69, 9.17) is 4.42 Å². The smallest absolute Gasteiger partial charge is 0.434 e. The highest BCUT2D eigenvalue weighted by Crippen LogP contribution is 2.35. The van der Waals surface area contributed by atoms with Gasteiger partial charge in [0.05, 0.1) is 11.2 Å². The van der Waals surface area contributed by atoms with Crippen molar-refractivity contribution in [2.24, 2.45) is 0 Å². The maximum Gasteiger partial charge on any atom is 0.434 e. The van der Waals surface area contributed by atoms with Crippen LogP contribution in [-0.2, 0) is 0 Å². The number of para-hydroxylation sites is 1. The summed E-state index contributed by atoms with van der Waals surface area (Å²) in [5, 5.41) is 17.9. The third-order valence-electron chi connectivity index (χ3n) is 4.27. The number of phenolic OH excluding ortho intramolecular Hbond substituents is 1. The number of nitrogens with one attached hydrogen (secondary N) is 2. The molecule has 5 aromatic rings. The standard InChI is InChI=1S/C19H12N4O3/c24-11-5-3-4-10(8-11)16-17-13(12-6-1-2-7-14(12)20-17)9-15(21-16)18-22-23-19(25)26-18/h1-9,20,24H,(H,23,25). The van der Waals surface area contributed by atoms with E-state index < -0.39 is 5.76 Å². The minimum Gasteiger partial charge on any atom is -0.508 e. The van der Waals surface area contributed by atoms with Gasteiger partial charge in [-0.1, -0.05) is 30.3 Å². The number of H-pyrrole nitrogens is 2. The molecule has 3 heterocycles. The Hall–Kier alpha value is -3.87. The van der Waals surface area contributed by atoms with Gasteiger partial charge in [-0.2, -0.15) is 0 Å². The Morgan fingerprint density at radius 1 is 1.00 bits per heavy atom. The average molecular weight is 344 g/mol. The normalized spacial score (nSPS) is 11.4. The Morgan fingerprint density at radius 2 is 1.88 bits per heavy atom. The molecule has 0 aliphatic carbocycles. The summed E-state index contributed by atoms with van der Waals surface area (Å²) in [7, 11) is 0. The van der Waals surface area contributed by atoms with Crippen LogP contribution in [0.4, 0.5) is 0 Å². The van der Waals surface area contributed by atoms with E-state index in [9.17, 15) is 9.90 Å². The lowest BCUT2D eigenvalue weighted by molar-refractivity contribution is 0.475. The molecule has 7 nitrogen and oxygen atoms in total. The number of nitrogens with zero attached hydrogens (tertiary/aromatic N) is 2. The lowest BCUT2D eigenvalue weighted by Gasteiger charge is -2.06. The summed E-state index contributed by atoms with van der Waals surface area (Å²) in [5.41, 5.74) is 3.60. The molecule has 2 aromatic carbocycles. The van der Waals surface area contributed by atoms with Gasteiger partial charge < -0.3 is 14.5 Å². The van der Waals surface area contributed by atoms with E-state index in [0.29, 0.717) is 11.4 Å². The van der Waals surface area contributed by atoms with Crippen LogP contribution in [0.2, 0.25) is 0 Å². The van der Waals surface area contributed by atoms with Crippen LogP contribution in [0.15, 0.2) is 63.8 Å². The number of pyridine rings is 1. The van der Waals surface area contributed by atoms with Crippen molar-refractivity contribution in [3.63, 3.8) is 0 Å². The van der Waals surface area contributed by atoms with Gasteiger partial charge in [0.15, 0.2) is 0 Å². The van der Waals surface area contributed by atoms with Gasteiger partial charge in [-0.15, -0.1) is 5.10 Å². The third kappa shape index (κ3) is 2.18. The number of hydrogen-bond donors (Lipinski definition) is 3. The van der Waals surface area contributed by atoms with Gasteiger partial charge in [-0.3, -0.25) is 0 Å². The van der Waals surface area contributed by atoms with Crippen molar-refractivity contribution in [3.05, 3.63) is 65.1 Å². The number of aromatic nitrogens is 4. The molecule has 0 fully saturated rings. The van der Waals surface area contributed by atoms with Gasteiger partial charge in [0.25, 0.3) is 5.89 Å². The Bertz CT molecular complexity index is 1330. The van der Waals surface area contributed by atoms with E-state index in [0.717, 1.165) is 27.4 Å². The highest BCUT2D eigenvalue weighted by atomic mass is 16.4. The van der Waals surface area contributed by atoms with Gasteiger partial charge in [-0.25, -0.2) is 14.9 Å². The van der Waals surface area contributed by atoms with Crippen molar-refractivity contribution in [1.29, 1.82) is 0 Å². The molecule has 0 saturated heterocycles. The number of fused-ring (bicyclic) bond motifs is 3. The quantitative estimate of drug-likeness (QED) is 0.455. The Kier molecular flexibility index (Phi) is 2.96. The highest BCUT2D eigenvalue weighted by molar-refractivity contribution is 6.12. The third-order valence-corrected chi connectivity index (χ3v) is 4.27. The average Bonchev–Trinajstić information content (AvgIpc) is 3.24. The topological polar surface area (TPSA) is 108 Å². The maximum absolute atomic E-state index is 11.3. The Labute approximate surface area is 145 Å². The van der Waals surface area contributed by atoms with Crippen molar-refractivity contribution in [2.45, 2.75) is 0 Å². The molecule has 3 N–H and O–H groups in total. The van der Waals surface area contributed by atoms with Gasteiger partial charge in [0.2, 0.25) is 0 Å². The van der Waals surface area contributed by atoms with E-state index >= 15 is 0 Å². The van der Waals surface area contributed by atoms with Crippen LogP contribution in [0.1, 0.15) is 0 Å². The first kappa shape index (κ1) is 14.5. The summed E-state index contributed by atoms with van der Waals surface area (Å²) < 4.78 is 5.08. The second kappa shape index (κ2) is 5.32. The molecule has 126 valence electrons. The first-order valence-electron chi connectivity index (χ1n) is 7.96. The molecule has 0 aliphatic heterocycles. The van der Waals surface area contributed by atoms with Crippen molar-refractivity contribution in [2.75, 3.05) is 0 Å².